The SMILES string of the molecule is CCc1sc(C(=O)NNC(=O)c2cc(C)ccc2OC)cc1C. The second-order valence-corrected chi connectivity index (χ2v) is 6.32. The maximum atomic E-state index is 12.2. The zero-order valence-electron chi connectivity index (χ0n) is 13.6. The lowest BCUT2D eigenvalue weighted by Crippen LogP contribution is -2.41. The second kappa shape index (κ2) is 7.28. The van der Waals surface area contributed by atoms with Crippen molar-refractivity contribution in [2.45, 2.75) is 27.2 Å². The van der Waals surface area contributed by atoms with Crippen LogP contribution in [-0.4, -0.2) is 18.9 Å². The Morgan fingerprint density at radius 2 is 1.83 bits per heavy atom. The van der Waals surface area contributed by atoms with Gasteiger partial charge in [0.15, 0.2) is 0 Å². The van der Waals surface area contributed by atoms with Gasteiger partial charge >= 0.3 is 0 Å². The third kappa shape index (κ3) is 3.90. The summed E-state index contributed by atoms with van der Waals surface area (Å²) in [4.78, 5) is 26.1. The maximum absolute atomic E-state index is 12.2. The van der Waals surface area contributed by atoms with Crippen LogP contribution in [0.2, 0.25) is 0 Å². The summed E-state index contributed by atoms with van der Waals surface area (Å²) >= 11 is 1.44. The Hall–Kier alpha value is -2.34. The van der Waals surface area contributed by atoms with Crippen molar-refractivity contribution in [2.75, 3.05) is 7.11 Å². The number of carbonyl (C=O) groups is 2. The summed E-state index contributed by atoms with van der Waals surface area (Å²) < 4.78 is 5.18. The fourth-order valence-electron chi connectivity index (χ4n) is 2.22. The number of hydrazine groups is 1. The summed E-state index contributed by atoms with van der Waals surface area (Å²) in [7, 11) is 1.50. The van der Waals surface area contributed by atoms with E-state index in [1.807, 2.05) is 32.9 Å². The van der Waals surface area contributed by atoms with Crippen LogP contribution in [0.25, 0.3) is 0 Å². The second-order valence-electron chi connectivity index (χ2n) is 5.18. The van der Waals surface area contributed by atoms with E-state index in [-0.39, 0.29) is 5.91 Å². The Morgan fingerprint density at radius 1 is 1.13 bits per heavy atom. The normalized spacial score (nSPS) is 10.3. The molecule has 1 heterocycles. The molecule has 0 radical (unpaired) electrons. The lowest BCUT2D eigenvalue weighted by molar-refractivity contribution is 0.0847. The highest BCUT2D eigenvalue weighted by molar-refractivity contribution is 7.14. The molecule has 122 valence electrons. The predicted molar refractivity (Wildman–Crippen MR) is 91.1 cm³/mol. The fourth-order valence-corrected chi connectivity index (χ4v) is 3.23. The van der Waals surface area contributed by atoms with Crippen LogP contribution in [0.1, 0.15) is 43.0 Å². The standard InChI is InChI=1S/C17H20N2O3S/c1-5-14-11(3)9-15(23-14)17(21)19-18-16(20)12-8-10(2)6-7-13(12)22-4/h6-9H,5H2,1-4H3,(H,18,20)(H,19,21). The average Bonchev–Trinajstić information content (AvgIpc) is 2.93. The first-order valence-electron chi connectivity index (χ1n) is 7.30. The summed E-state index contributed by atoms with van der Waals surface area (Å²) in [5, 5.41) is 0. The van der Waals surface area contributed by atoms with Gasteiger partial charge in [-0.05, 0) is 44.0 Å². The first-order valence-corrected chi connectivity index (χ1v) is 8.12. The molecule has 1 aromatic carbocycles. The minimum Gasteiger partial charge on any atom is -0.496 e. The molecule has 0 atom stereocenters. The van der Waals surface area contributed by atoms with Gasteiger partial charge in [0.25, 0.3) is 11.8 Å². The smallest absolute Gasteiger partial charge is 0.279 e. The van der Waals surface area contributed by atoms with E-state index in [1.165, 1.54) is 23.3 Å². The maximum Gasteiger partial charge on any atom is 0.279 e. The van der Waals surface area contributed by atoms with Crippen LogP contribution in [0.4, 0.5) is 0 Å². The van der Waals surface area contributed by atoms with E-state index in [0.29, 0.717) is 16.2 Å². The molecule has 2 aromatic rings. The lowest BCUT2D eigenvalue weighted by Gasteiger charge is -2.10. The quantitative estimate of drug-likeness (QED) is 0.846. The van der Waals surface area contributed by atoms with Crippen LogP contribution >= 0.6 is 11.3 Å². The van der Waals surface area contributed by atoms with E-state index in [9.17, 15) is 9.59 Å². The van der Waals surface area contributed by atoms with Gasteiger partial charge in [0, 0.05) is 4.88 Å². The van der Waals surface area contributed by atoms with Gasteiger partial charge < -0.3 is 4.74 Å². The molecule has 0 saturated carbocycles. The van der Waals surface area contributed by atoms with Crippen LogP contribution in [0.15, 0.2) is 24.3 Å². The van der Waals surface area contributed by atoms with Crippen LogP contribution in [0.5, 0.6) is 5.75 Å². The molecular weight excluding hydrogens is 312 g/mol. The minimum atomic E-state index is -0.414. The van der Waals surface area contributed by atoms with Gasteiger partial charge in [-0.1, -0.05) is 18.6 Å². The van der Waals surface area contributed by atoms with Gasteiger partial charge in [0.2, 0.25) is 0 Å². The number of hydrogen-bond donors (Lipinski definition) is 2. The third-order valence-corrected chi connectivity index (χ3v) is 4.83. The van der Waals surface area contributed by atoms with Crippen LogP contribution < -0.4 is 15.6 Å². The van der Waals surface area contributed by atoms with Crippen molar-refractivity contribution in [2.24, 2.45) is 0 Å². The molecule has 0 aliphatic rings. The Kier molecular flexibility index (Phi) is 5.39. The number of amides is 2. The van der Waals surface area contributed by atoms with Gasteiger partial charge in [-0.15, -0.1) is 11.3 Å². The fraction of sp³-hybridized carbons (Fsp3) is 0.294. The van der Waals surface area contributed by atoms with Gasteiger partial charge in [-0.25, -0.2) is 0 Å². The van der Waals surface area contributed by atoms with E-state index < -0.39 is 5.91 Å². The molecule has 2 N–H and O–H groups in total. The largest absolute Gasteiger partial charge is 0.496 e. The molecule has 0 fully saturated rings. The Balaban J connectivity index is 2.06. The molecule has 0 spiro atoms. The van der Waals surface area contributed by atoms with Crippen LogP contribution in [0.3, 0.4) is 0 Å². The minimum absolute atomic E-state index is 0.322. The highest BCUT2D eigenvalue weighted by Crippen LogP contribution is 2.22. The predicted octanol–water partition coefficient (Wildman–Crippen LogP) is 3.01. The molecule has 0 bridgehead atoms. The summed E-state index contributed by atoms with van der Waals surface area (Å²) in [5.74, 6) is -0.275. The molecule has 0 saturated heterocycles. The first-order chi connectivity index (χ1) is 11.0. The summed E-state index contributed by atoms with van der Waals surface area (Å²) in [6.45, 7) is 5.91. The molecule has 1 aromatic heterocycles. The van der Waals surface area contributed by atoms with Gasteiger partial charge in [0.1, 0.15) is 5.75 Å². The molecular formula is C17H20N2O3S. The third-order valence-electron chi connectivity index (χ3n) is 3.45. The van der Waals surface area contributed by atoms with Gasteiger partial charge in [-0.2, -0.15) is 0 Å². The first kappa shape index (κ1) is 17.0. The number of thiophene rings is 1. The molecule has 0 aliphatic carbocycles. The Morgan fingerprint density at radius 3 is 2.43 bits per heavy atom. The van der Waals surface area contributed by atoms with Crippen molar-refractivity contribution >= 4 is 23.2 Å². The van der Waals surface area contributed by atoms with Crippen LogP contribution in [-0.2, 0) is 6.42 Å². The van der Waals surface area contributed by atoms with Crippen molar-refractivity contribution in [3.63, 3.8) is 0 Å². The van der Waals surface area contributed by atoms with E-state index in [4.69, 9.17) is 4.74 Å². The van der Waals surface area contributed by atoms with E-state index in [0.717, 1.165) is 17.5 Å². The molecule has 0 aliphatic heterocycles. The van der Waals surface area contributed by atoms with Crippen molar-refractivity contribution < 1.29 is 14.3 Å². The van der Waals surface area contributed by atoms with Gasteiger partial charge in [-0.3, -0.25) is 20.4 Å². The van der Waals surface area contributed by atoms with E-state index in [2.05, 4.69) is 10.9 Å². The monoisotopic (exact) mass is 332 g/mol. The number of ether oxygens (including phenoxy) is 1. The number of benzene rings is 1. The Bertz CT molecular complexity index is 737. The van der Waals surface area contributed by atoms with Crippen molar-refractivity contribution in [3.05, 3.63) is 50.7 Å². The molecule has 5 nitrogen and oxygen atoms in total. The summed E-state index contributed by atoms with van der Waals surface area (Å²) in [6, 6.07) is 7.13. The summed E-state index contributed by atoms with van der Waals surface area (Å²) in [5.41, 5.74) is 7.29. The molecule has 2 rings (SSSR count). The zero-order chi connectivity index (χ0) is 17.0. The van der Waals surface area contributed by atoms with Gasteiger partial charge in [0.05, 0.1) is 17.6 Å². The lowest BCUT2D eigenvalue weighted by atomic mass is 10.1. The Labute approximate surface area is 139 Å². The van der Waals surface area contributed by atoms with Crippen molar-refractivity contribution in [1.29, 1.82) is 0 Å². The number of rotatable bonds is 4. The van der Waals surface area contributed by atoms with Crippen molar-refractivity contribution in [3.8, 4) is 5.75 Å². The van der Waals surface area contributed by atoms with Crippen LogP contribution in [0, 0.1) is 13.8 Å². The van der Waals surface area contributed by atoms with Crippen molar-refractivity contribution in [1.82, 2.24) is 10.9 Å². The van der Waals surface area contributed by atoms with E-state index in [1.54, 1.807) is 12.1 Å². The number of hydrogen-bond acceptors (Lipinski definition) is 4. The average molecular weight is 332 g/mol. The van der Waals surface area contributed by atoms with E-state index >= 15 is 0 Å². The summed E-state index contributed by atoms with van der Waals surface area (Å²) in [6.07, 6.45) is 0.886. The number of methoxy groups -OCH3 is 1. The number of nitrogens with one attached hydrogen (secondary N) is 2. The number of carbonyl (C=O) groups excluding carboxylic acids is 2. The molecule has 2 amide bonds. The zero-order valence-corrected chi connectivity index (χ0v) is 14.5. The molecule has 23 heavy (non-hydrogen) atoms. The topological polar surface area (TPSA) is 67.4 Å². The molecule has 6 heteroatoms. The highest BCUT2D eigenvalue weighted by atomic mass is 32.1. The molecule has 0 unspecified atom stereocenters. The number of aryl methyl sites for hydroxylation is 3. The highest BCUT2D eigenvalue weighted by Gasteiger charge is 2.15.